The second kappa shape index (κ2) is 6.58. The summed E-state index contributed by atoms with van der Waals surface area (Å²) in [7, 11) is 0. The zero-order chi connectivity index (χ0) is 14.4. The van der Waals surface area contributed by atoms with Crippen LogP contribution in [0.15, 0.2) is 12.1 Å². The van der Waals surface area contributed by atoms with Gasteiger partial charge in [-0.2, -0.15) is 0 Å². The summed E-state index contributed by atoms with van der Waals surface area (Å²) < 4.78 is 18.4. The third-order valence-corrected chi connectivity index (χ3v) is 2.32. The van der Waals surface area contributed by atoms with Crippen molar-refractivity contribution in [2.75, 3.05) is 24.2 Å². The highest BCUT2D eigenvalue weighted by Crippen LogP contribution is 2.23. The van der Waals surface area contributed by atoms with Gasteiger partial charge in [0.25, 0.3) is 0 Å². The number of amides is 1. The number of hydrogen-bond donors (Lipinski definition) is 3. The van der Waals surface area contributed by atoms with Crippen LogP contribution in [0.1, 0.15) is 23.7 Å². The van der Waals surface area contributed by atoms with Crippen LogP contribution in [-0.4, -0.2) is 25.0 Å². The summed E-state index contributed by atoms with van der Waals surface area (Å²) >= 11 is 0. The molecule has 7 heteroatoms. The standard InChI is InChI=1S/C12H16FN3O3/c1-2-19-12(18)7-5-10(8(13)6-9(7)14)16-4-3-11(15)17/h5-6,16H,2-4,14H2,1H3,(H2,15,17). The van der Waals surface area contributed by atoms with Crippen molar-refractivity contribution in [1.29, 1.82) is 0 Å². The highest BCUT2D eigenvalue weighted by molar-refractivity contribution is 5.96. The van der Waals surface area contributed by atoms with E-state index in [1.807, 2.05) is 0 Å². The second-order valence-corrected chi connectivity index (χ2v) is 3.78. The predicted molar refractivity (Wildman–Crippen MR) is 69.1 cm³/mol. The predicted octanol–water partition coefficient (Wildman–Crippen LogP) is 0.872. The summed E-state index contributed by atoms with van der Waals surface area (Å²) in [6, 6.07) is 2.28. The van der Waals surface area contributed by atoms with E-state index in [0.717, 1.165) is 6.07 Å². The minimum absolute atomic E-state index is 0.00333. The van der Waals surface area contributed by atoms with Crippen molar-refractivity contribution in [2.45, 2.75) is 13.3 Å². The van der Waals surface area contributed by atoms with E-state index in [0.29, 0.717) is 0 Å². The molecule has 0 unspecified atom stereocenters. The van der Waals surface area contributed by atoms with Gasteiger partial charge < -0.3 is 21.5 Å². The Hall–Kier alpha value is -2.31. The molecule has 0 saturated heterocycles. The minimum atomic E-state index is -0.627. The number of benzene rings is 1. The molecule has 1 aromatic rings. The zero-order valence-electron chi connectivity index (χ0n) is 10.5. The number of hydrogen-bond acceptors (Lipinski definition) is 5. The van der Waals surface area contributed by atoms with Gasteiger partial charge in [0.2, 0.25) is 5.91 Å². The summed E-state index contributed by atoms with van der Waals surface area (Å²) in [5.74, 6) is -1.75. The summed E-state index contributed by atoms with van der Waals surface area (Å²) in [5.41, 5.74) is 10.7. The summed E-state index contributed by atoms with van der Waals surface area (Å²) in [5, 5.41) is 2.67. The van der Waals surface area contributed by atoms with Gasteiger partial charge in [-0.1, -0.05) is 0 Å². The maximum Gasteiger partial charge on any atom is 0.340 e. The fraction of sp³-hybridized carbons (Fsp3) is 0.333. The van der Waals surface area contributed by atoms with Gasteiger partial charge in [0.05, 0.1) is 17.9 Å². The minimum Gasteiger partial charge on any atom is -0.462 e. The lowest BCUT2D eigenvalue weighted by Gasteiger charge is -2.11. The molecule has 1 rings (SSSR count). The van der Waals surface area contributed by atoms with Crippen LogP contribution in [0.4, 0.5) is 15.8 Å². The highest BCUT2D eigenvalue weighted by atomic mass is 19.1. The first-order chi connectivity index (χ1) is 8.95. The first-order valence-corrected chi connectivity index (χ1v) is 5.74. The number of halogens is 1. The third-order valence-electron chi connectivity index (χ3n) is 2.32. The number of rotatable bonds is 6. The van der Waals surface area contributed by atoms with E-state index in [-0.39, 0.29) is 36.5 Å². The van der Waals surface area contributed by atoms with Crippen molar-refractivity contribution >= 4 is 23.3 Å². The number of nitrogens with one attached hydrogen (secondary N) is 1. The molecule has 1 amide bonds. The molecule has 0 bridgehead atoms. The molecule has 0 atom stereocenters. The number of primary amides is 1. The van der Waals surface area contributed by atoms with Gasteiger partial charge >= 0.3 is 5.97 Å². The first-order valence-electron chi connectivity index (χ1n) is 5.74. The summed E-state index contributed by atoms with van der Waals surface area (Å²) in [4.78, 5) is 22.2. The first kappa shape index (κ1) is 14.7. The quantitative estimate of drug-likeness (QED) is 0.524. The van der Waals surface area contributed by atoms with E-state index in [1.165, 1.54) is 6.07 Å². The Bertz CT molecular complexity index is 491. The molecule has 1 aromatic carbocycles. The molecular weight excluding hydrogens is 253 g/mol. The van der Waals surface area contributed by atoms with Crippen LogP contribution < -0.4 is 16.8 Å². The lowest BCUT2D eigenvalue weighted by Crippen LogP contribution is -2.17. The van der Waals surface area contributed by atoms with Crippen molar-refractivity contribution in [2.24, 2.45) is 5.73 Å². The van der Waals surface area contributed by atoms with E-state index in [9.17, 15) is 14.0 Å². The van der Waals surface area contributed by atoms with Crippen LogP contribution in [0.2, 0.25) is 0 Å². The van der Waals surface area contributed by atoms with Gasteiger partial charge in [0, 0.05) is 18.7 Å². The van der Waals surface area contributed by atoms with Gasteiger partial charge in [-0.25, -0.2) is 9.18 Å². The second-order valence-electron chi connectivity index (χ2n) is 3.78. The maximum absolute atomic E-state index is 13.6. The number of nitrogen functional groups attached to an aromatic ring is 1. The van der Waals surface area contributed by atoms with E-state index in [1.54, 1.807) is 6.92 Å². The van der Waals surface area contributed by atoms with E-state index in [2.05, 4.69) is 5.32 Å². The third kappa shape index (κ3) is 4.13. The van der Waals surface area contributed by atoms with Crippen LogP contribution in [0.25, 0.3) is 0 Å². The van der Waals surface area contributed by atoms with Crippen molar-refractivity contribution in [3.8, 4) is 0 Å². The van der Waals surface area contributed by atoms with Gasteiger partial charge in [-0.15, -0.1) is 0 Å². The number of ether oxygens (including phenoxy) is 1. The van der Waals surface area contributed by atoms with Crippen LogP contribution in [-0.2, 0) is 9.53 Å². The van der Waals surface area contributed by atoms with Crippen molar-refractivity contribution in [3.63, 3.8) is 0 Å². The Balaban J connectivity index is 2.89. The highest BCUT2D eigenvalue weighted by Gasteiger charge is 2.15. The number of carbonyl (C=O) groups is 2. The number of nitrogens with two attached hydrogens (primary N) is 2. The lowest BCUT2D eigenvalue weighted by atomic mass is 10.1. The number of carbonyl (C=O) groups excluding carboxylic acids is 2. The molecule has 104 valence electrons. The van der Waals surface area contributed by atoms with Crippen LogP contribution >= 0.6 is 0 Å². The average Bonchev–Trinajstić information content (AvgIpc) is 2.31. The van der Waals surface area contributed by atoms with Crippen molar-refractivity contribution in [3.05, 3.63) is 23.5 Å². The van der Waals surface area contributed by atoms with Crippen molar-refractivity contribution in [1.82, 2.24) is 0 Å². The Morgan fingerprint density at radius 2 is 2.11 bits per heavy atom. The molecule has 0 aliphatic rings. The molecule has 0 heterocycles. The molecule has 5 N–H and O–H groups in total. The molecule has 0 aromatic heterocycles. The maximum atomic E-state index is 13.6. The fourth-order valence-electron chi connectivity index (χ4n) is 1.43. The monoisotopic (exact) mass is 269 g/mol. The number of anilines is 2. The molecule has 6 nitrogen and oxygen atoms in total. The van der Waals surface area contributed by atoms with E-state index < -0.39 is 17.7 Å². The molecule has 0 spiro atoms. The van der Waals surface area contributed by atoms with Gasteiger partial charge in [0.15, 0.2) is 0 Å². The summed E-state index contributed by atoms with van der Waals surface area (Å²) in [6.07, 6.45) is 0.0541. The Morgan fingerprint density at radius 1 is 1.42 bits per heavy atom. The largest absolute Gasteiger partial charge is 0.462 e. The Kier molecular flexibility index (Phi) is 5.11. The van der Waals surface area contributed by atoms with E-state index >= 15 is 0 Å². The molecule has 0 aliphatic heterocycles. The fourth-order valence-corrected chi connectivity index (χ4v) is 1.43. The smallest absolute Gasteiger partial charge is 0.340 e. The molecule has 0 fully saturated rings. The molecule has 0 radical (unpaired) electrons. The molecule has 0 saturated carbocycles. The van der Waals surface area contributed by atoms with Gasteiger partial charge in [-0.05, 0) is 19.1 Å². The Morgan fingerprint density at radius 3 is 2.68 bits per heavy atom. The van der Waals surface area contributed by atoms with Crippen LogP contribution in [0, 0.1) is 5.82 Å². The molecule has 0 aliphatic carbocycles. The average molecular weight is 269 g/mol. The molecule has 19 heavy (non-hydrogen) atoms. The number of esters is 1. The normalized spacial score (nSPS) is 10.0. The summed E-state index contributed by atoms with van der Waals surface area (Å²) in [6.45, 7) is 2.02. The van der Waals surface area contributed by atoms with Gasteiger partial charge in [0.1, 0.15) is 5.82 Å². The van der Waals surface area contributed by atoms with E-state index in [4.69, 9.17) is 16.2 Å². The van der Waals surface area contributed by atoms with Gasteiger partial charge in [-0.3, -0.25) is 4.79 Å². The van der Waals surface area contributed by atoms with Crippen LogP contribution in [0.5, 0.6) is 0 Å². The van der Waals surface area contributed by atoms with Crippen LogP contribution in [0.3, 0.4) is 0 Å². The topological polar surface area (TPSA) is 107 Å². The zero-order valence-corrected chi connectivity index (χ0v) is 10.5. The van der Waals surface area contributed by atoms with Crippen molar-refractivity contribution < 1.29 is 18.7 Å². The lowest BCUT2D eigenvalue weighted by molar-refractivity contribution is -0.117. The Labute approximate surface area is 109 Å². The molecular formula is C12H16FN3O3. The SMILES string of the molecule is CCOC(=O)c1cc(NCCC(N)=O)c(F)cc1N.